The predicted octanol–water partition coefficient (Wildman–Crippen LogP) is 4.22. The van der Waals surface area contributed by atoms with E-state index >= 15 is 0 Å². The molecule has 2 aromatic carbocycles. The lowest BCUT2D eigenvalue weighted by Crippen LogP contribution is -2.33. The van der Waals surface area contributed by atoms with Gasteiger partial charge in [-0.15, -0.1) is 0 Å². The van der Waals surface area contributed by atoms with Gasteiger partial charge in [0.1, 0.15) is 5.70 Å². The van der Waals surface area contributed by atoms with Crippen LogP contribution in [0, 0.1) is 12.8 Å². The number of hydrogen-bond donors (Lipinski definition) is 2. The molecule has 0 saturated carbocycles. The molecular weight excluding hydrogens is 392 g/mol. The zero-order valence-electron chi connectivity index (χ0n) is 19.0. The third-order valence-electron chi connectivity index (χ3n) is 4.68. The molecule has 166 valence electrons. The van der Waals surface area contributed by atoms with Crippen molar-refractivity contribution < 1.29 is 19.1 Å². The minimum Gasteiger partial charge on any atom is -0.493 e. The van der Waals surface area contributed by atoms with Crippen LogP contribution in [0.25, 0.3) is 6.08 Å². The van der Waals surface area contributed by atoms with Crippen LogP contribution in [-0.2, 0) is 16.1 Å². The average Bonchev–Trinajstić information content (AvgIpc) is 2.73. The number of amides is 2. The molecular formula is C25H32N2O4. The maximum absolute atomic E-state index is 12.7. The standard InChI is InChI=1S/C25H32N2O4/c1-17(2)12-13-31-23-11-10-20(14-24(23)30-5)16-26-25(29)22(27-19(4)28)15-21-9-7-6-8-18(21)3/h6-11,14-15,17H,12-13,16H2,1-5H3,(H,26,29)(H,27,28)/b22-15-. The lowest BCUT2D eigenvalue weighted by atomic mass is 10.1. The Labute approximate surface area is 184 Å². The summed E-state index contributed by atoms with van der Waals surface area (Å²) in [7, 11) is 1.59. The van der Waals surface area contributed by atoms with Crippen molar-refractivity contribution in [2.45, 2.75) is 40.7 Å². The summed E-state index contributed by atoms with van der Waals surface area (Å²) in [6, 6.07) is 13.2. The lowest BCUT2D eigenvalue weighted by molar-refractivity contribution is -0.122. The van der Waals surface area contributed by atoms with E-state index in [2.05, 4.69) is 24.5 Å². The van der Waals surface area contributed by atoms with E-state index in [0.717, 1.165) is 23.1 Å². The number of ether oxygens (including phenoxy) is 2. The van der Waals surface area contributed by atoms with Gasteiger partial charge in [0.25, 0.3) is 5.91 Å². The van der Waals surface area contributed by atoms with E-state index in [-0.39, 0.29) is 24.1 Å². The van der Waals surface area contributed by atoms with Gasteiger partial charge in [-0.25, -0.2) is 0 Å². The van der Waals surface area contributed by atoms with E-state index in [9.17, 15) is 9.59 Å². The van der Waals surface area contributed by atoms with Crippen molar-refractivity contribution in [3.05, 3.63) is 64.9 Å². The van der Waals surface area contributed by atoms with Gasteiger partial charge in [0.2, 0.25) is 5.91 Å². The van der Waals surface area contributed by atoms with Gasteiger partial charge in [0.15, 0.2) is 11.5 Å². The van der Waals surface area contributed by atoms with Crippen LogP contribution >= 0.6 is 0 Å². The minimum absolute atomic E-state index is 0.197. The first-order valence-electron chi connectivity index (χ1n) is 10.4. The molecule has 31 heavy (non-hydrogen) atoms. The average molecular weight is 425 g/mol. The molecule has 6 nitrogen and oxygen atoms in total. The number of methoxy groups -OCH3 is 1. The second-order valence-electron chi connectivity index (χ2n) is 7.79. The normalized spacial score (nSPS) is 11.2. The summed E-state index contributed by atoms with van der Waals surface area (Å²) in [5, 5.41) is 5.48. The van der Waals surface area contributed by atoms with Gasteiger partial charge in [-0.3, -0.25) is 9.59 Å². The van der Waals surface area contributed by atoms with Gasteiger partial charge in [-0.2, -0.15) is 0 Å². The zero-order chi connectivity index (χ0) is 22.8. The van der Waals surface area contributed by atoms with Gasteiger partial charge in [-0.1, -0.05) is 44.2 Å². The van der Waals surface area contributed by atoms with Gasteiger partial charge >= 0.3 is 0 Å². The first kappa shape index (κ1) is 24.0. The lowest BCUT2D eigenvalue weighted by Gasteiger charge is -2.14. The molecule has 2 aromatic rings. The quantitative estimate of drug-likeness (QED) is 0.560. The van der Waals surface area contributed by atoms with Crippen LogP contribution in [0.4, 0.5) is 0 Å². The van der Waals surface area contributed by atoms with Crippen LogP contribution in [0.15, 0.2) is 48.2 Å². The summed E-state index contributed by atoms with van der Waals surface area (Å²) in [6.45, 7) is 8.53. The molecule has 0 radical (unpaired) electrons. The van der Waals surface area contributed by atoms with Crippen molar-refractivity contribution in [3.63, 3.8) is 0 Å². The molecule has 6 heteroatoms. The number of nitrogens with one attached hydrogen (secondary N) is 2. The number of rotatable bonds is 10. The first-order chi connectivity index (χ1) is 14.8. The molecule has 0 bridgehead atoms. The van der Waals surface area contributed by atoms with Gasteiger partial charge in [0.05, 0.1) is 13.7 Å². The summed E-state index contributed by atoms with van der Waals surface area (Å²) in [6.07, 6.45) is 2.64. The third kappa shape index (κ3) is 7.81. The molecule has 2 amide bonds. The van der Waals surface area contributed by atoms with Crippen LogP contribution in [0.1, 0.15) is 43.9 Å². The van der Waals surface area contributed by atoms with E-state index < -0.39 is 0 Å². The third-order valence-corrected chi connectivity index (χ3v) is 4.68. The Morgan fingerprint density at radius 1 is 1.10 bits per heavy atom. The molecule has 0 aliphatic carbocycles. The molecule has 0 atom stereocenters. The van der Waals surface area contributed by atoms with Crippen molar-refractivity contribution in [3.8, 4) is 11.5 Å². The molecule has 0 spiro atoms. The van der Waals surface area contributed by atoms with Crippen LogP contribution in [0.2, 0.25) is 0 Å². The second-order valence-corrected chi connectivity index (χ2v) is 7.79. The van der Waals surface area contributed by atoms with Crippen LogP contribution in [0.3, 0.4) is 0 Å². The van der Waals surface area contributed by atoms with Crippen LogP contribution < -0.4 is 20.1 Å². The number of carbonyl (C=O) groups excluding carboxylic acids is 2. The molecule has 0 unspecified atom stereocenters. The molecule has 0 aromatic heterocycles. The van der Waals surface area contributed by atoms with Crippen molar-refractivity contribution >= 4 is 17.9 Å². The van der Waals surface area contributed by atoms with Crippen LogP contribution in [0.5, 0.6) is 11.5 Å². The molecule has 0 aliphatic rings. The highest BCUT2D eigenvalue weighted by atomic mass is 16.5. The Balaban J connectivity index is 2.09. The first-order valence-corrected chi connectivity index (χ1v) is 10.4. The molecule has 0 saturated heterocycles. The molecule has 0 heterocycles. The van der Waals surface area contributed by atoms with E-state index in [1.54, 1.807) is 13.2 Å². The van der Waals surface area contributed by atoms with E-state index in [1.165, 1.54) is 6.92 Å². The Hall–Kier alpha value is -3.28. The van der Waals surface area contributed by atoms with Crippen molar-refractivity contribution in [2.24, 2.45) is 5.92 Å². The van der Waals surface area contributed by atoms with E-state index in [4.69, 9.17) is 9.47 Å². The Morgan fingerprint density at radius 2 is 1.84 bits per heavy atom. The number of benzene rings is 2. The van der Waals surface area contributed by atoms with E-state index in [1.807, 2.05) is 49.4 Å². The highest BCUT2D eigenvalue weighted by Crippen LogP contribution is 2.28. The van der Waals surface area contributed by atoms with Gasteiger partial charge in [0, 0.05) is 13.5 Å². The SMILES string of the molecule is COc1cc(CNC(=O)/C(=C/c2ccccc2C)NC(C)=O)ccc1OCCC(C)C. The number of aryl methyl sites for hydroxylation is 1. The minimum atomic E-state index is -0.366. The largest absolute Gasteiger partial charge is 0.493 e. The molecule has 2 rings (SSSR count). The summed E-state index contributed by atoms with van der Waals surface area (Å²) < 4.78 is 11.2. The molecule has 0 aliphatic heterocycles. The van der Waals surface area contributed by atoms with Gasteiger partial charge < -0.3 is 20.1 Å². The second kappa shape index (κ2) is 11.8. The van der Waals surface area contributed by atoms with Crippen molar-refractivity contribution in [2.75, 3.05) is 13.7 Å². The molecule has 0 fully saturated rings. The fraction of sp³-hybridized carbons (Fsp3) is 0.360. The van der Waals surface area contributed by atoms with Gasteiger partial charge in [-0.05, 0) is 54.2 Å². The van der Waals surface area contributed by atoms with Crippen LogP contribution in [-0.4, -0.2) is 25.5 Å². The fourth-order valence-electron chi connectivity index (χ4n) is 2.88. The Morgan fingerprint density at radius 3 is 2.48 bits per heavy atom. The van der Waals surface area contributed by atoms with Crippen molar-refractivity contribution in [1.82, 2.24) is 10.6 Å². The smallest absolute Gasteiger partial charge is 0.268 e. The summed E-state index contributed by atoms with van der Waals surface area (Å²) in [4.78, 5) is 24.3. The topological polar surface area (TPSA) is 76.7 Å². The monoisotopic (exact) mass is 424 g/mol. The number of hydrogen-bond acceptors (Lipinski definition) is 4. The maximum Gasteiger partial charge on any atom is 0.268 e. The summed E-state index contributed by atoms with van der Waals surface area (Å²) >= 11 is 0. The zero-order valence-corrected chi connectivity index (χ0v) is 19.0. The summed E-state index contributed by atoms with van der Waals surface area (Å²) in [5.74, 6) is 1.19. The highest BCUT2D eigenvalue weighted by Gasteiger charge is 2.13. The highest BCUT2D eigenvalue weighted by molar-refractivity contribution is 6.01. The maximum atomic E-state index is 12.7. The predicted molar refractivity (Wildman–Crippen MR) is 123 cm³/mol. The van der Waals surface area contributed by atoms with Crippen molar-refractivity contribution in [1.29, 1.82) is 0 Å². The fourth-order valence-corrected chi connectivity index (χ4v) is 2.88. The summed E-state index contributed by atoms with van der Waals surface area (Å²) in [5.41, 5.74) is 2.93. The number of carbonyl (C=O) groups is 2. The van der Waals surface area contributed by atoms with E-state index in [0.29, 0.717) is 24.0 Å². The molecule has 2 N–H and O–H groups in total. The Bertz CT molecular complexity index is 935. The Kier molecular flexibility index (Phi) is 9.13.